The number of primary sulfonamides is 1. The Balaban J connectivity index is 2.10. The average molecular weight is 291 g/mol. The number of aryl methyl sites for hydroxylation is 1. The number of aromatic nitrogens is 1. The van der Waals surface area contributed by atoms with Crippen molar-refractivity contribution >= 4 is 26.5 Å². The van der Waals surface area contributed by atoms with Gasteiger partial charge >= 0.3 is 0 Å². The smallest absolute Gasteiger partial charge is 0.249 e. The minimum absolute atomic E-state index is 0.103. The molecule has 2 rings (SSSR count). The Morgan fingerprint density at radius 3 is 2.83 bits per heavy atom. The summed E-state index contributed by atoms with van der Waals surface area (Å²) in [6.07, 6.45) is 2.24. The van der Waals surface area contributed by atoms with Gasteiger partial charge in [-0.3, -0.25) is 0 Å². The summed E-state index contributed by atoms with van der Waals surface area (Å²) in [5.41, 5.74) is 0.435. The van der Waals surface area contributed by atoms with E-state index in [-0.39, 0.29) is 16.4 Å². The first-order valence-electron chi connectivity index (χ1n) is 5.76. The molecule has 8 heteroatoms. The summed E-state index contributed by atoms with van der Waals surface area (Å²) in [6, 6.07) is 0.103. The fourth-order valence-electron chi connectivity index (χ4n) is 1.99. The van der Waals surface area contributed by atoms with Crippen LogP contribution >= 0.6 is 11.3 Å². The summed E-state index contributed by atoms with van der Waals surface area (Å²) in [5, 5.41) is 8.86. The van der Waals surface area contributed by atoms with Gasteiger partial charge in [0.1, 0.15) is 0 Å². The average Bonchev–Trinajstić information content (AvgIpc) is 2.85. The van der Waals surface area contributed by atoms with E-state index >= 15 is 0 Å². The number of rotatable bonds is 4. The van der Waals surface area contributed by atoms with Gasteiger partial charge in [0.05, 0.1) is 17.8 Å². The molecule has 2 atom stereocenters. The van der Waals surface area contributed by atoms with Crippen molar-refractivity contribution in [1.82, 2.24) is 4.98 Å². The molecule has 2 unspecified atom stereocenters. The second-order valence-electron chi connectivity index (χ2n) is 4.42. The van der Waals surface area contributed by atoms with Gasteiger partial charge in [-0.05, 0) is 26.7 Å². The highest BCUT2D eigenvalue weighted by Gasteiger charge is 2.24. The lowest BCUT2D eigenvalue weighted by Gasteiger charge is -2.19. The Morgan fingerprint density at radius 2 is 2.33 bits per heavy atom. The van der Waals surface area contributed by atoms with Crippen LogP contribution < -0.4 is 10.5 Å². The summed E-state index contributed by atoms with van der Waals surface area (Å²) in [6.45, 7) is 4.43. The third-order valence-corrected chi connectivity index (χ3v) is 5.53. The second-order valence-corrected chi connectivity index (χ2v) is 7.18. The zero-order valence-corrected chi connectivity index (χ0v) is 12.0. The molecule has 0 aromatic carbocycles. The van der Waals surface area contributed by atoms with Gasteiger partial charge in [-0.2, -0.15) is 0 Å². The highest BCUT2D eigenvalue weighted by Crippen LogP contribution is 2.27. The molecule has 1 aromatic heterocycles. The number of sulfonamides is 1. The molecule has 1 aromatic rings. The van der Waals surface area contributed by atoms with E-state index in [1.807, 2.05) is 6.92 Å². The van der Waals surface area contributed by atoms with Gasteiger partial charge in [-0.15, -0.1) is 0 Å². The van der Waals surface area contributed by atoms with E-state index in [1.54, 1.807) is 6.92 Å². The minimum Gasteiger partial charge on any atom is -0.376 e. The molecule has 0 spiro atoms. The largest absolute Gasteiger partial charge is 0.376 e. The maximum absolute atomic E-state index is 11.3. The highest BCUT2D eigenvalue weighted by atomic mass is 32.2. The Morgan fingerprint density at radius 1 is 1.61 bits per heavy atom. The lowest BCUT2D eigenvalue weighted by molar-refractivity contribution is 0.0996. The van der Waals surface area contributed by atoms with Crippen LogP contribution in [-0.2, 0) is 14.8 Å². The number of anilines is 1. The summed E-state index contributed by atoms with van der Waals surface area (Å²) < 4.78 is 28.3. The zero-order chi connectivity index (χ0) is 13.3. The third-order valence-electron chi connectivity index (χ3n) is 2.89. The predicted octanol–water partition coefficient (Wildman–Crippen LogP) is 1.08. The number of thiazole rings is 1. The van der Waals surface area contributed by atoms with Crippen LogP contribution in [0.15, 0.2) is 4.21 Å². The standard InChI is InChI=1S/C10H17N3O3S2/c1-6(8-4-3-5-16-8)12-10-13-7(2)9(17-10)18(11,14)15/h6,8H,3-5H2,1-2H3,(H,12,13)(H2,11,14,15). The summed E-state index contributed by atoms with van der Waals surface area (Å²) in [5.74, 6) is 0. The molecular formula is C10H17N3O3S2. The van der Waals surface area contributed by atoms with Crippen LogP contribution in [0.1, 0.15) is 25.5 Å². The fourth-order valence-corrected chi connectivity index (χ4v) is 3.95. The molecule has 0 aliphatic carbocycles. The topological polar surface area (TPSA) is 94.3 Å². The number of nitrogens with two attached hydrogens (primary N) is 1. The second kappa shape index (κ2) is 5.12. The maximum atomic E-state index is 11.3. The molecular weight excluding hydrogens is 274 g/mol. The molecule has 0 bridgehead atoms. The monoisotopic (exact) mass is 291 g/mol. The molecule has 1 aliphatic heterocycles. The van der Waals surface area contributed by atoms with Crippen LogP contribution in [0.5, 0.6) is 0 Å². The summed E-state index contributed by atoms with van der Waals surface area (Å²) in [4.78, 5) is 4.18. The summed E-state index contributed by atoms with van der Waals surface area (Å²) in [7, 11) is -3.68. The number of nitrogens with zero attached hydrogens (tertiary/aromatic N) is 1. The van der Waals surface area contributed by atoms with Crippen LogP contribution in [-0.4, -0.2) is 32.2 Å². The van der Waals surface area contributed by atoms with Gasteiger partial charge in [-0.25, -0.2) is 18.5 Å². The zero-order valence-electron chi connectivity index (χ0n) is 10.3. The van der Waals surface area contributed by atoms with Crippen LogP contribution in [0.4, 0.5) is 5.13 Å². The van der Waals surface area contributed by atoms with Crippen molar-refractivity contribution < 1.29 is 13.2 Å². The van der Waals surface area contributed by atoms with Crippen LogP contribution in [0.2, 0.25) is 0 Å². The van der Waals surface area contributed by atoms with E-state index in [2.05, 4.69) is 10.3 Å². The lowest BCUT2D eigenvalue weighted by atomic mass is 10.1. The van der Waals surface area contributed by atoms with E-state index in [9.17, 15) is 8.42 Å². The molecule has 1 aliphatic rings. The fraction of sp³-hybridized carbons (Fsp3) is 0.700. The van der Waals surface area contributed by atoms with Gasteiger partial charge in [-0.1, -0.05) is 11.3 Å². The first kappa shape index (κ1) is 13.7. The number of ether oxygens (including phenoxy) is 1. The molecule has 1 saturated heterocycles. The Hall–Kier alpha value is -0.700. The molecule has 102 valence electrons. The van der Waals surface area contributed by atoms with Crippen molar-refractivity contribution in [3.8, 4) is 0 Å². The molecule has 2 heterocycles. The van der Waals surface area contributed by atoms with Gasteiger partial charge in [0, 0.05) is 6.61 Å². The van der Waals surface area contributed by atoms with E-state index in [4.69, 9.17) is 9.88 Å². The van der Waals surface area contributed by atoms with E-state index in [1.165, 1.54) is 0 Å². The number of hydrogen-bond acceptors (Lipinski definition) is 6. The Kier molecular flexibility index (Phi) is 3.90. The molecule has 6 nitrogen and oxygen atoms in total. The predicted molar refractivity (Wildman–Crippen MR) is 70.3 cm³/mol. The van der Waals surface area contributed by atoms with Crippen molar-refractivity contribution in [1.29, 1.82) is 0 Å². The summed E-state index contributed by atoms with van der Waals surface area (Å²) >= 11 is 1.06. The van der Waals surface area contributed by atoms with Gasteiger partial charge in [0.15, 0.2) is 9.34 Å². The molecule has 1 fully saturated rings. The van der Waals surface area contributed by atoms with Gasteiger partial charge in [0.2, 0.25) is 10.0 Å². The van der Waals surface area contributed by atoms with E-state index < -0.39 is 10.0 Å². The molecule has 3 N–H and O–H groups in total. The first-order valence-corrected chi connectivity index (χ1v) is 8.12. The number of nitrogens with one attached hydrogen (secondary N) is 1. The lowest BCUT2D eigenvalue weighted by Crippen LogP contribution is -2.29. The minimum atomic E-state index is -3.68. The Bertz CT molecular complexity index is 520. The van der Waals surface area contributed by atoms with E-state index in [0.29, 0.717) is 10.8 Å². The molecule has 0 radical (unpaired) electrons. The van der Waals surface area contributed by atoms with Crippen LogP contribution in [0, 0.1) is 6.92 Å². The van der Waals surface area contributed by atoms with Gasteiger partial charge in [0.25, 0.3) is 0 Å². The SMILES string of the molecule is Cc1nc(NC(C)C2CCCO2)sc1S(N)(=O)=O. The normalized spacial score (nSPS) is 22.1. The van der Waals surface area contributed by atoms with Crippen LogP contribution in [0.25, 0.3) is 0 Å². The highest BCUT2D eigenvalue weighted by molar-refractivity contribution is 7.91. The molecule has 0 saturated carbocycles. The third kappa shape index (κ3) is 3.00. The first-order chi connectivity index (χ1) is 8.38. The van der Waals surface area contributed by atoms with Crippen molar-refractivity contribution in [2.24, 2.45) is 5.14 Å². The van der Waals surface area contributed by atoms with Crippen molar-refractivity contribution in [2.75, 3.05) is 11.9 Å². The van der Waals surface area contributed by atoms with Gasteiger partial charge < -0.3 is 10.1 Å². The molecule has 18 heavy (non-hydrogen) atoms. The van der Waals surface area contributed by atoms with Crippen molar-refractivity contribution in [2.45, 2.75) is 43.0 Å². The number of hydrogen-bond donors (Lipinski definition) is 2. The van der Waals surface area contributed by atoms with Crippen molar-refractivity contribution in [3.05, 3.63) is 5.69 Å². The Labute approximate surface area is 111 Å². The maximum Gasteiger partial charge on any atom is 0.249 e. The quantitative estimate of drug-likeness (QED) is 0.865. The molecule has 0 amide bonds. The van der Waals surface area contributed by atoms with Crippen molar-refractivity contribution in [3.63, 3.8) is 0 Å². The van der Waals surface area contributed by atoms with E-state index in [0.717, 1.165) is 30.8 Å². The van der Waals surface area contributed by atoms with Crippen LogP contribution in [0.3, 0.4) is 0 Å².